The summed E-state index contributed by atoms with van der Waals surface area (Å²) >= 11 is 3.25. The number of carboxylic acids is 1. The molecule has 0 aromatic heterocycles. The van der Waals surface area contributed by atoms with Gasteiger partial charge in [-0.05, 0) is 46.3 Å². The van der Waals surface area contributed by atoms with Crippen molar-refractivity contribution in [1.29, 1.82) is 0 Å². The molecule has 0 radical (unpaired) electrons. The fourth-order valence-electron chi connectivity index (χ4n) is 2.23. The third-order valence-electron chi connectivity index (χ3n) is 3.23. The number of aromatic carboxylic acids is 1. The Morgan fingerprint density at radius 1 is 1.00 bits per heavy atom. The second kappa shape index (κ2) is 4.82. The van der Waals surface area contributed by atoms with Crippen LogP contribution in [0.3, 0.4) is 0 Å². The largest absolute Gasteiger partial charge is 0.478 e. The highest BCUT2D eigenvalue weighted by atomic mass is 79.9. The number of anilines is 1. The number of carboxylic acid groups (broad SMARTS) is 1. The molecule has 1 N–H and O–H groups in total. The molecule has 0 unspecified atom stereocenters. The van der Waals surface area contributed by atoms with Gasteiger partial charge in [-0.3, -0.25) is 9.59 Å². The van der Waals surface area contributed by atoms with Crippen LogP contribution in [0.25, 0.3) is 0 Å². The molecular weight excluding hydrogens is 338 g/mol. The third kappa shape index (κ3) is 2.04. The van der Waals surface area contributed by atoms with E-state index in [2.05, 4.69) is 15.9 Å². The zero-order chi connectivity index (χ0) is 15.1. The van der Waals surface area contributed by atoms with Crippen molar-refractivity contribution >= 4 is 39.4 Å². The first-order valence-electron chi connectivity index (χ1n) is 6.01. The minimum absolute atomic E-state index is 0.00440. The predicted molar refractivity (Wildman–Crippen MR) is 78.7 cm³/mol. The number of imide groups is 1. The van der Waals surface area contributed by atoms with Crippen molar-refractivity contribution in [3.63, 3.8) is 0 Å². The molecule has 0 saturated carbocycles. The van der Waals surface area contributed by atoms with E-state index in [0.717, 1.165) is 4.90 Å². The number of fused-ring (bicyclic) bond motifs is 1. The zero-order valence-electron chi connectivity index (χ0n) is 10.5. The Kier molecular flexibility index (Phi) is 3.10. The van der Waals surface area contributed by atoms with Gasteiger partial charge in [-0.15, -0.1) is 0 Å². The van der Waals surface area contributed by atoms with Crippen LogP contribution in [0.15, 0.2) is 46.9 Å². The van der Waals surface area contributed by atoms with Crippen LogP contribution in [0.1, 0.15) is 31.1 Å². The molecular formula is C15H8BrNO4. The summed E-state index contributed by atoms with van der Waals surface area (Å²) in [5.74, 6) is -2.04. The van der Waals surface area contributed by atoms with Crippen molar-refractivity contribution in [2.75, 3.05) is 4.90 Å². The number of carbonyl (C=O) groups excluding carboxylic acids is 2. The normalized spacial score (nSPS) is 13.5. The monoisotopic (exact) mass is 345 g/mol. The summed E-state index contributed by atoms with van der Waals surface area (Å²) in [4.78, 5) is 36.8. The van der Waals surface area contributed by atoms with Crippen LogP contribution in [0.2, 0.25) is 0 Å². The van der Waals surface area contributed by atoms with Crippen LogP contribution in [0.4, 0.5) is 5.69 Å². The molecule has 2 aromatic carbocycles. The average Bonchev–Trinajstić information content (AvgIpc) is 2.72. The van der Waals surface area contributed by atoms with Crippen molar-refractivity contribution < 1.29 is 19.5 Å². The maximum Gasteiger partial charge on any atom is 0.335 e. The fraction of sp³-hybridized carbons (Fsp3) is 0. The van der Waals surface area contributed by atoms with Gasteiger partial charge < -0.3 is 5.11 Å². The first kappa shape index (κ1) is 13.5. The zero-order valence-corrected chi connectivity index (χ0v) is 12.1. The number of rotatable bonds is 2. The molecule has 0 atom stereocenters. The SMILES string of the molecule is O=C(O)c1ccc(Br)c(N2C(=O)c3ccccc3C2=O)c1. The minimum Gasteiger partial charge on any atom is -0.478 e. The molecule has 1 aliphatic rings. The first-order chi connectivity index (χ1) is 10.0. The Morgan fingerprint density at radius 3 is 2.10 bits per heavy atom. The van der Waals surface area contributed by atoms with Crippen LogP contribution in [-0.2, 0) is 0 Å². The van der Waals surface area contributed by atoms with E-state index in [1.165, 1.54) is 18.2 Å². The topological polar surface area (TPSA) is 74.7 Å². The van der Waals surface area contributed by atoms with Crippen LogP contribution in [0.5, 0.6) is 0 Å². The summed E-state index contributed by atoms with van der Waals surface area (Å²) in [6.07, 6.45) is 0. The van der Waals surface area contributed by atoms with E-state index < -0.39 is 17.8 Å². The molecule has 2 aromatic rings. The summed E-state index contributed by atoms with van der Waals surface area (Å²) in [6, 6.07) is 10.7. The average molecular weight is 346 g/mol. The summed E-state index contributed by atoms with van der Waals surface area (Å²) in [5.41, 5.74) is 0.858. The van der Waals surface area contributed by atoms with Gasteiger partial charge in [-0.1, -0.05) is 12.1 Å². The van der Waals surface area contributed by atoms with Gasteiger partial charge >= 0.3 is 5.97 Å². The lowest BCUT2D eigenvalue weighted by Gasteiger charge is -2.16. The predicted octanol–water partition coefficient (Wildman–Crippen LogP) is 2.95. The van der Waals surface area contributed by atoms with Crippen molar-refractivity contribution in [2.24, 2.45) is 0 Å². The molecule has 21 heavy (non-hydrogen) atoms. The summed E-state index contributed by atoms with van der Waals surface area (Å²) in [6.45, 7) is 0. The highest BCUT2D eigenvalue weighted by molar-refractivity contribution is 9.10. The lowest BCUT2D eigenvalue weighted by Crippen LogP contribution is -2.29. The molecule has 2 amide bonds. The smallest absolute Gasteiger partial charge is 0.335 e. The number of amides is 2. The Bertz CT molecular complexity index is 765. The molecule has 1 aliphatic heterocycles. The van der Waals surface area contributed by atoms with Gasteiger partial charge in [0.2, 0.25) is 0 Å². The summed E-state index contributed by atoms with van der Waals surface area (Å²) in [5, 5.41) is 9.04. The van der Waals surface area contributed by atoms with Crippen molar-refractivity contribution in [3.05, 3.63) is 63.6 Å². The second-order valence-corrected chi connectivity index (χ2v) is 5.32. The Balaban J connectivity index is 2.15. The Hall–Kier alpha value is -2.47. The number of carbonyl (C=O) groups is 3. The van der Waals surface area contributed by atoms with Gasteiger partial charge in [-0.2, -0.15) is 0 Å². The van der Waals surface area contributed by atoms with Crippen molar-refractivity contribution in [2.45, 2.75) is 0 Å². The van der Waals surface area contributed by atoms with Gasteiger partial charge in [0, 0.05) is 4.47 Å². The lowest BCUT2D eigenvalue weighted by molar-refractivity contribution is 0.0695. The van der Waals surface area contributed by atoms with E-state index in [9.17, 15) is 14.4 Å². The number of nitrogens with zero attached hydrogens (tertiary/aromatic N) is 1. The van der Waals surface area contributed by atoms with E-state index in [-0.39, 0.29) is 11.3 Å². The van der Waals surface area contributed by atoms with Gasteiger partial charge in [0.25, 0.3) is 11.8 Å². The Morgan fingerprint density at radius 2 is 1.57 bits per heavy atom. The van der Waals surface area contributed by atoms with Crippen LogP contribution < -0.4 is 4.90 Å². The second-order valence-electron chi connectivity index (χ2n) is 4.46. The van der Waals surface area contributed by atoms with Gasteiger partial charge in [0.05, 0.1) is 22.4 Å². The van der Waals surface area contributed by atoms with Gasteiger partial charge in [0.1, 0.15) is 0 Å². The molecule has 0 saturated heterocycles. The number of benzene rings is 2. The molecule has 0 aliphatic carbocycles. The van der Waals surface area contributed by atoms with E-state index >= 15 is 0 Å². The van der Waals surface area contributed by atoms with E-state index in [4.69, 9.17) is 5.11 Å². The lowest BCUT2D eigenvalue weighted by atomic mass is 10.1. The molecule has 0 fully saturated rings. The number of hydrogen-bond acceptors (Lipinski definition) is 3. The van der Waals surface area contributed by atoms with E-state index in [1.54, 1.807) is 24.3 Å². The van der Waals surface area contributed by atoms with E-state index in [1.807, 2.05) is 0 Å². The van der Waals surface area contributed by atoms with Crippen molar-refractivity contribution in [1.82, 2.24) is 0 Å². The number of hydrogen-bond donors (Lipinski definition) is 1. The third-order valence-corrected chi connectivity index (χ3v) is 3.90. The van der Waals surface area contributed by atoms with Crippen LogP contribution in [0, 0.1) is 0 Å². The summed E-state index contributed by atoms with van der Waals surface area (Å²) in [7, 11) is 0. The standard InChI is InChI=1S/C15H8BrNO4/c16-11-6-5-8(15(20)21)7-12(11)17-13(18)9-3-1-2-4-10(9)14(17)19/h1-7H,(H,20,21). The fourth-order valence-corrected chi connectivity index (χ4v) is 2.65. The van der Waals surface area contributed by atoms with Crippen LogP contribution in [-0.4, -0.2) is 22.9 Å². The van der Waals surface area contributed by atoms with Gasteiger partial charge in [-0.25, -0.2) is 9.69 Å². The van der Waals surface area contributed by atoms with E-state index in [0.29, 0.717) is 15.6 Å². The molecule has 5 nitrogen and oxygen atoms in total. The summed E-state index contributed by atoms with van der Waals surface area (Å²) < 4.78 is 0.474. The quantitative estimate of drug-likeness (QED) is 0.849. The minimum atomic E-state index is -1.12. The van der Waals surface area contributed by atoms with Gasteiger partial charge in [0.15, 0.2) is 0 Å². The van der Waals surface area contributed by atoms with Crippen molar-refractivity contribution in [3.8, 4) is 0 Å². The first-order valence-corrected chi connectivity index (χ1v) is 6.80. The molecule has 0 spiro atoms. The highest BCUT2D eigenvalue weighted by Crippen LogP contribution is 2.34. The Labute approximate surface area is 127 Å². The highest BCUT2D eigenvalue weighted by Gasteiger charge is 2.37. The molecule has 6 heteroatoms. The number of halogens is 1. The van der Waals surface area contributed by atoms with Crippen LogP contribution >= 0.6 is 15.9 Å². The maximum absolute atomic E-state index is 12.4. The molecule has 1 heterocycles. The molecule has 3 rings (SSSR count). The maximum atomic E-state index is 12.4. The molecule has 0 bridgehead atoms. The molecule has 104 valence electrons.